The molecule has 142 valence electrons. The third-order valence-corrected chi connectivity index (χ3v) is 3.96. The van der Waals surface area contributed by atoms with E-state index in [9.17, 15) is 0 Å². The van der Waals surface area contributed by atoms with E-state index in [1.54, 1.807) is 0 Å². The van der Waals surface area contributed by atoms with Crippen LogP contribution >= 0.6 is 0 Å². The largest absolute Gasteiger partial charge is 0.344 e. The van der Waals surface area contributed by atoms with Crippen LogP contribution in [0.1, 0.15) is 117 Å². The Morgan fingerprint density at radius 1 is 0.609 bits per heavy atom. The zero-order valence-corrected chi connectivity index (χ0v) is 15.7. The van der Waals surface area contributed by atoms with Crippen LogP contribution in [-0.2, 0) is 0 Å². The molecule has 0 radical (unpaired) electrons. The first-order chi connectivity index (χ1) is 10.6. The van der Waals surface area contributed by atoms with E-state index in [1.807, 2.05) is 0 Å². The van der Waals surface area contributed by atoms with Crippen LogP contribution < -0.4 is 6.15 Å². The van der Waals surface area contributed by atoms with Crippen LogP contribution in [0.2, 0.25) is 0 Å². The third kappa shape index (κ3) is 38.7. The van der Waals surface area contributed by atoms with E-state index in [4.69, 9.17) is 15.3 Å². The average Bonchev–Trinajstić information content (AvgIpc) is 2.47. The molecule has 0 amide bonds. The van der Waals surface area contributed by atoms with Crippen molar-refractivity contribution in [2.45, 2.75) is 117 Å². The van der Waals surface area contributed by atoms with Gasteiger partial charge in [-0.25, -0.2) is 0 Å². The monoisotopic (exact) mass is 334 g/mol. The first kappa shape index (κ1) is 27.0. The normalized spacial score (nSPS) is 9.65. The van der Waals surface area contributed by atoms with Gasteiger partial charge in [-0.2, -0.15) is 0 Å². The van der Waals surface area contributed by atoms with E-state index >= 15 is 0 Å². The standard InChI is InChI=1S/C18H38.HNO3.H3N/c1-3-5-7-9-11-13-15-17-18-16-14-12-10-8-6-4-2;2-1(3)4;/h3-18H2,1-2H3;(H,2,3,4);1H3. The minimum absolute atomic E-state index is 0. The minimum Gasteiger partial charge on any atom is -0.344 e. The molecule has 4 N–H and O–H groups in total. The fraction of sp³-hybridized carbons (Fsp3) is 1.00. The van der Waals surface area contributed by atoms with Gasteiger partial charge in [-0.05, 0) is 0 Å². The summed E-state index contributed by atoms with van der Waals surface area (Å²) in [5.41, 5.74) is 0. The Balaban J connectivity index is -0.000000712. The van der Waals surface area contributed by atoms with Gasteiger partial charge < -0.3 is 11.4 Å². The highest BCUT2D eigenvalue weighted by atomic mass is 16.9. The summed E-state index contributed by atoms with van der Waals surface area (Å²) in [6.45, 7) is 4.59. The maximum absolute atomic E-state index is 8.36. The second-order valence-corrected chi connectivity index (χ2v) is 6.19. The van der Waals surface area contributed by atoms with Crippen molar-refractivity contribution in [2.24, 2.45) is 0 Å². The molecule has 5 heteroatoms. The summed E-state index contributed by atoms with van der Waals surface area (Å²) in [4.78, 5) is 8.36. The fourth-order valence-corrected chi connectivity index (χ4v) is 2.62. The first-order valence-corrected chi connectivity index (χ1v) is 9.48. The molecule has 0 rings (SSSR count). The Hall–Kier alpha value is -0.840. The summed E-state index contributed by atoms with van der Waals surface area (Å²) >= 11 is 0. The topological polar surface area (TPSA) is 98.4 Å². The van der Waals surface area contributed by atoms with E-state index in [0.29, 0.717) is 0 Å². The molecule has 0 aromatic heterocycles. The average molecular weight is 335 g/mol. The number of unbranched alkanes of at least 4 members (excludes halogenated alkanes) is 15. The first-order valence-electron chi connectivity index (χ1n) is 9.48. The molecule has 0 heterocycles. The Bertz CT molecular complexity index is 194. The summed E-state index contributed by atoms with van der Waals surface area (Å²) in [5, 5.41) is 13.6. The van der Waals surface area contributed by atoms with Crippen LogP contribution in [0, 0.1) is 10.1 Å². The Morgan fingerprint density at radius 3 is 0.870 bits per heavy atom. The predicted octanol–water partition coefficient (Wildman–Crippen LogP) is 7.08. The number of hydrogen-bond donors (Lipinski definition) is 2. The lowest BCUT2D eigenvalue weighted by Gasteiger charge is -2.03. The van der Waals surface area contributed by atoms with Crippen molar-refractivity contribution in [3.8, 4) is 0 Å². The maximum atomic E-state index is 8.36. The molecule has 0 unspecified atom stereocenters. The van der Waals surface area contributed by atoms with Gasteiger partial charge in [0.2, 0.25) is 0 Å². The van der Waals surface area contributed by atoms with E-state index in [2.05, 4.69) is 13.8 Å². The van der Waals surface area contributed by atoms with E-state index < -0.39 is 5.09 Å². The number of rotatable bonds is 15. The van der Waals surface area contributed by atoms with Gasteiger partial charge >= 0.3 is 0 Å². The van der Waals surface area contributed by atoms with Gasteiger partial charge in [0.1, 0.15) is 0 Å². The Kier molecular flexibility index (Phi) is 30.6. The lowest BCUT2D eigenvalue weighted by Crippen LogP contribution is -1.83. The fourth-order valence-electron chi connectivity index (χ4n) is 2.62. The molecule has 0 atom stereocenters. The molecule has 0 saturated heterocycles. The number of hydrogen-bond acceptors (Lipinski definition) is 3. The molecule has 0 spiro atoms. The van der Waals surface area contributed by atoms with Gasteiger partial charge in [0.25, 0.3) is 5.09 Å². The second kappa shape index (κ2) is 26.1. The molecule has 0 aliphatic heterocycles. The van der Waals surface area contributed by atoms with Gasteiger partial charge in [0, 0.05) is 0 Å². The van der Waals surface area contributed by atoms with Gasteiger partial charge in [-0.15, -0.1) is 10.1 Å². The molecule has 0 bridgehead atoms. The van der Waals surface area contributed by atoms with Crippen LogP contribution in [0.3, 0.4) is 0 Å². The SMILES string of the molecule is CCCCCCCCCCCCCCCCCC.N.O=[N+]([O-])O. The molecular formula is C18H42N2O3. The smallest absolute Gasteiger partial charge is 0.291 e. The Labute approximate surface area is 143 Å². The van der Waals surface area contributed by atoms with Crippen LogP contribution in [-0.4, -0.2) is 10.3 Å². The van der Waals surface area contributed by atoms with Crippen molar-refractivity contribution >= 4 is 0 Å². The van der Waals surface area contributed by atoms with Gasteiger partial charge in [-0.1, -0.05) is 117 Å². The van der Waals surface area contributed by atoms with Crippen molar-refractivity contribution < 1.29 is 10.3 Å². The zero-order valence-electron chi connectivity index (χ0n) is 15.7. The highest BCUT2D eigenvalue weighted by Crippen LogP contribution is 2.13. The van der Waals surface area contributed by atoms with Crippen LogP contribution in [0.15, 0.2) is 0 Å². The highest BCUT2D eigenvalue weighted by molar-refractivity contribution is 4.49. The third-order valence-electron chi connectivity index (χ3n) is 3.96. The lowest BCUT2D eigenvalue weighted by molar-refractivity contribution is -0.742. The van der Waals surface area contributed by atoms with Crippen LogP contribution in [0.4, 0.5) is 0 Å². The minimum atomic E-state index is -1.50. The van der Waals surface area contributed by atoms with Crippen molar-refractivity contribution in [3.05, 3.63) is 10.1 Å². The molecular weight excluding hydrogens is 292 g/mol. The molecule has 0 saturated carbocycles. The summed E-state index contributed by atoms with van der Waals surface area (Å²) in [5.74, 6) is 0. The number of nitrogens with zero attached hydrogens (tertiary/aromatic N) is 1. The van der Waals surface area contributed by atoms with Gasteiger partial charge in [-0.3, -0.25) is 0 Å². The molecule has 0 aromatic carbocycles. The van der Waals surface area contributed by atoms with E-state index in [1.165, 1.54) is 103 Å². The molecule has 5 nitrogen and oxygen atoms in total. The Morgan fingerprint density at radius 2 is 0.739 bits per heavy atom. The quantitative estimate of drug-likeness (QED) is 0.190. The molecule has 0 aromatic rings. The van der Waals surface area contributed by atoms with Crippen molar-refractivity contribution in [1.29, 1.82) is 0 Å². The summed E-state index contributed by atoms with van der Waals surface area (Å²) in [6.07, 6.45) is 23.4. The van der Waals surface area contributed by atoms with Gasteiger partial charge in [0.05, 0.1) is 0 Å². The predicted molar refractivity (Wildman–Crippen MR) is 99.0 cm³/mol. The summed E-state index contributed by atoms with van der Waals surface area (Å²) in [6, 6.07) is 0. The van der Waals surface area contributed by atoms with Gasteiger partial charge in [0.15, 0.2) is 0 Å². The maximum Gasteiger partial charge on any atom is 0.291 e. The summed E-state index contributed by atoms with van der Waals surface area (Å²) in [7, 11) is 0. The zero-order chi connectivity index (χ0) is 16.9. The van der Waals surface area contributed by atoms with Crippen molar-refractivity contribution in [3.63, 3.8) is 0 Å². The molecule has 0 fully saturated rings. The lowest BCUT2D eigenvalue weighted by atomic mass is 10.0. The summed E-state index contributed by atoms with van der Waals surface area (Å²) < 4.78 is 0. The molecule has 0 aliphatic carbocycles. The van der Waals surface area contributed by atoms with Crippen molar-refractivity contribution in [2.75, 3.05) is 0 Å². The van der Waals surface area contributed by atoms with E-state index in [-0.39, 0.29) is 6.15 Å². The van der Waals surface area contributed by atoms with Crippen LogP contribution in [0.25, 0.3) is 0 Å². The molecule has 23 heavy (non-hydrogen) atoms. The highest BCUT2D eigenvalue weighted by Gasteiger charge is 1.93. The van der Waals surface area contributed by atoms with E-state index in [0.717, 1.165) is 0 Å². The van der Waals surface area contributed by atoms with Crippen molar-refractivity contribution in [1.82, 2.24) is 6.15 Å². The van der Waals surface area contributed by atoms with Crippen LogP contribution in [0.5, 0.6) is 0 Å². The second-order valence-electron chi connectivity index (χ2n) is 6.19. The molecule has 0 aliphatic rings.